The Morgan fingerprint density at radius 1 is 0.970 bits per heavy atom. The van der Waals surface area contributed by atoms with E-state index in [-0.39, 0.29) is 23.9 Å². The minimum atomic E-state index is -0.804. The van der Waals surface area contributed by atoms with Gasteiger partial charge in [0.1, 0.15) is 0 Å². The van der Waals surface area contributed by atoms with Gasteiger partial charge in [-0.3, -0.25) is 14.4 Å². The fourth-order valence-electron chi connectivity index (χ4n) is 3.23. The van der Waals surface area contributed by atoms with Gasteiger partial charge in [0.05, 0.1) is 5.52 Å². The van der Waals surface area contributed by atoms with Crippen molar-refractivity contribution >= 4 is 62.7 Å². The fourth-order valence-corrected chi connectivity index (χ4v) is 3.72. The van der Waals surface area contributed by atoms with Crippen molar-refractivity contribution in [3.8, 4) is 5.88 Å². The van der Waals surface area contributed by atoms with Gasteiger partial charge < -0.3 is 20.5 Å². The number of aliphatic carboxylic acids is 1. The summed E-state index contributed by atoms with van der Waals surface area (Å²) in [5.74, 6) is -1.68. The first-order valence-corrected chi connectivity index (χ1v) is 11.5. The lowest BCUT2D eigenvalue weighted by Gasteiger charge is -2.05. The topological polar surface area (TPSA) is 144 Å². The summed E-state index contributed by atoms with van der Waals surface area (Å²) in [6, 6.07) is 11.8. The highest BCUT2D eigenvalue weighted by molar-refractivity contribution is 14.1. The first kappa shape index (κ1) is 24.4. The SMILES string of the molecule is O=C(O)CCCCCCC(=O)Nc1ccc(C(=O)N=Nc2c(O)[nH]c3ccc(I)cc23)cc1. The van der Waals surface area contributed by atoms with E-state index in [0.717, 1.165) is 16.4 Å². The lowest BCUT2D eigenvalue weighted by atomic mass is 10.1. The number of carboxylic acid groups (broad SMARTS) is 1. The Morgan fingerprint density at radius 2 is 1.67 bits per heavy atom. The normalized spacial score (nSPS) is 11.2. The first-order valence-electron chi connectivity index (χ1n) is 10.4. The molecule has 0 aliphatic carbocycles. The molecule has 0 atom stereocenters. The van der Waals surface area contributed by atoms with Crippen molar-refractivity contribution in [3.63, 3.8) is 0 Å². The van der Waals surface area contributed by atoms with Crippen LogP contribution in [-0.2, 0) is 9.59 Å². The third kappa shape index (κ3) is 7.11. The van der Waals surface area contributed by atoms with Crippen molar-refractivity contribution < 1.29 is 24.6 Å². The molecule has 3 aromatic rings. The number of aromatic amines is 1. The molecule has 0 saturated heterocycles. The number of unbranched alkanes of at least 4 members (excludes halogenated alkanes) is 3. The zero-order chi connectivity index (χ0) is 23.8. The zero-order valence-corrected chi connectivity index (χ0v) is 19.8. The van der Waals surface area contributed by atoms with Gasteiger partial charge >= 0.3 is 5.97 Å². The Kier molecular flexibility index (Phi) is 8.52. The molecule has 0 spiro atoms. The van der Waals surface area contributed by atoms with Crippen LogP contribution in [0, 0.1) is 3.57 Å². The Hall–Kier alpha value is -3.28. The number of carboxylic acids is 1. The number of hydrogen-bond donors (Lipinski definition) is 4. The molecule has 4 N–H and O–H groups in total. The first-order chi connectivity index (χ1) is 15.8. The molecule has 0 radical (unpaired) electrons. The third-order valence-corrected chi connectivity index (χ3v) is 5.59. The average Bonchev–Trinajstić information content (AvgIpc) is 3.09. The van der Waals surface area contributed by atoms with E-state index in [4.69, 9.17) is 5.11 Å². The number of nitrogens with one attached hydrogen (secondary N) is 2. The van der Waals surface area contributed by atoms with Crippen LogP contribution in [-0.4, -0.2) is 33.0 Å². The highest BCUT2D eigenvalue weighted by atomic mass is 127. The Balaban J connectivity index is 1.52. The van der Waals surface area contributed by atoms with Crippen molar-refractivity contribution in [3.05, 3.63) is 51.6 Å². The van der Waals surface area contributed by atoms with Crippen molar-refractivity contribution in [2.75, 3.05) is 5.32 Å². The van der Waals surface area contributed by atoms with Crippen molar-refractivity contribution in [1.82, 2.24) is 4.98 Å². The summed E-state index contributed by atoms with van der Waals surface area (Å²) >= 11 is 2.15. The quantitative estimate of drug-likeness (QED) is 0.141. The number of benzene rings is 2. The largest absolute Gasteiger partial charge is 0.493 e. The monoisotopic (exact) mass is 562 g/mol. The molecule has 0 fully saturated rings. The summed E-state index contributed by atoms with van der Waals surface area (Å²) in [7, 11) is 0. The molecule has 9 nitrogen and oxygen atoms in total. The second-order valence-corrected chi connectivity index (χ2v) is 8.70. The summed E-state index contributed by atoms with van der Waals surface area (Å²) in [6.07, 6.45) is 3.37. The smallest absolute Gasteiger partial charge is 0.303 e. The average molecular weight is 562 g/mol. The van der Waals surface area contributed by atoms with Gasteiger partial charge in [0, 0.05) is 33.0 Å². The molecule has 10 heteroatoms. The molecule has 0 aliphatic rings. The van der Waals surface area contributed by atoms with Crippen LogP contribution in [0.15, 0.2) is 52.7 Å². The number of fused-ring (bicyclic) bond motifs is 1. The van der Waals surface area contributed by atoms with E-state index in [1.54, 1.807) is 24.3 Å². The fraction of sp³-hybridized carbons (Fsp3) is 0.261. The molecule has 33 heavy (non-hydrogen) atoms. The number of H-pyrrole nitrogens is 1. The number of nitrogens with zero attached hydrogens (tertiary/aromatic N) is 2. The Labute approximate surface area is 203 Å². The Bertz CT molecular complexity index is 1190. The number of amides is 2. The standard InChI is InChI=1S/C23H23IN4O5/c24-15-9-12-18-17(13-15)21(23(33)26-18)27-28-22(32)14-7-10-16(11-8-14)25-19(29)5-3-1-2-4-6-20(30)31/h7-13,26,33H,1-6H2,(H,25,29)(H,30,31). The number of aromatic hydroxyl groups is 1. The molecule has 1 heterocycles. The number of aromatic nitrogens is 1. The number of azo groups is 1. The number of halogens is 1. The van der Waals surface area contributed by atoms with E-state index in [0.29, 0.717) is 41.4 Å². The number of anilines is 1. The van der Waals surface area contributed by atoms with E-state index in [1.165, 1.54) is 0 Å². The summed E-state index contributed by atoms with van der Waals surface area (Å²) in [4.78, 5) is 37.7. The van der Waals surface area contributed by atoms with Crippen LogP contribution < -0.4 is 5.32 Å². The van der Waals surface area contributed by atoms with Crippen LogP contribution in [0.2, 0.25) is 0 Å². The summed E-state index contributed by atoms with van der Waals surface area (Å²) < 4.78 is 0.956. The molecular weight excluding hydrogens is 539 g/mol. The van der Waals surface area contributed by atoms with Gasteiger partial charge in [0.15, 0.2) is 5.69 Å². The van der Waals surface area contributed by atoms with E-state index in [9.17, 15) is 19.5 Å². The van der Waals surface area contributed by atoms with Crippen LogP contribution in [0.25, 0.3) is 10.9 Å². The third-order valence-electron chi connectivity index (χ3n) is 4.92. The predicted molar refractivity (Wildman–Crippen MR) is 132 cm³/mol. The molecule has 3 rings (SSSR count). The molecule has 0 bridgehead atoms. The highest BCUT2D eigenvalue weighted by Crippen LogP contribution is 2.36. The maximum absolute atomic E-state index is 12.4. The predicted octanol–water partition coefficient (Wildman–Crippen LogP) is 5.77. The summed E-state index contributed by atoms with van der Waals surface area (Å²) in [6.45, 7) is 0. The molecular formula is C23H23IN4O5. The van der Waals surface area contributed by atoms with Crippen molar-refractivity contribution in [2.45, 2.75) is 38.5 Å². The van der Waals surface area contributed by atoms with Gasteiger partial charge in [-0.1, -0.05) is 12.8 Å². The maximum Gasteiger partial charge on any atom is 0.303 e. The van der Waals surface area contributed by atoms with Gasteiger partial charge in [0.2, 0.25) is 11.8 Å². The van der Waals surface area contributed by atoms with Crippen LogP contribution in [0.4, 0.5) is 11.4 Å². The van der Waals surface area contributed by atoms with Gasteiger partial charge in [-0.05, 0) is 77.9 Å². The van der Waals surface area contributed by atoms with E-state index >= 15 is 0 Å². The van der Waals surface area contributed by atoms with Gasteiger partial charge in [-0.2, -0.15) is 0 Å². The molecule has 2 amide bonds. The maximum atomic E-state index is 12.4. The van der Waals surface area contributed by atoms with E-state index in [1.807, 2.05) is 18.2 Å². The minimum Gasteiger partial charge on any atom is -0.493 e. The number of carbonyl (C=O) groups excluding carboxylic acids is 2. The van der Waals surface area contributed by atoms with Gasteiger partial charge in [-0.25, -0.2) is 0 Å². The molecule has 0 unspecified atom stereocenters. The summed E-state index contributed by atoms with van der Waals surface area (Å²) in [5, 5.41) is 29.8. The van der Waals surface area contributed by atoms with Crippen molar-refractivity contribution in [1.29, 1.82) is 0 Å². The highest BCUT2D eigenvalue weighted by Gasteiger charge is 2.12. The number of rotatable bonds is 10. The van der Waals surface area contributed by atoms with Gasteiger partial charge in [0.25, 0.3) is 5.91 Å². The molecule has 1 aromatic heterocycles. The van der Waals surface area contributed by atoms with Crippen molar-refractivity contribution in [2.24, 2.45) is 10.2 Å². The number of hydrogen-bond acceptors (Lipinski definition) is 5. The molecule has 0 saturated carbocycles. The number of carbonyl (C=O) groups is 3. The van der Waals surface area contributed by atoms with Crippen LogP contribution in [0.5, 0.6) is 5.88 Å². The Morgan fingerprint density at radius 3 is 2.36 bits per heavy atom. The van der Waals surface area contributed by atoms with Crippen LogP contribution >= 0.6 is 22.6 Å². The van der Waals surface area contributed by atoms with Crippen LogP contribution in [0.1, 0.15) is 48.9 Å². The molecule has 2 aromatic carbocycles. The minimum absolute atomic E-state index is 0.142. The van der Waals surface area contributed by atoms with Gasteiger partial charge in [-0.15, -0.1) is 10.2 Å². The summed E-state index contributed by atoms with van der Waals surface area (Å²) in [5.41, 5.74) is 1.74. The molecule has 0 aliphatic heterocycles. The lowest BCUT2D eigenvalue weighted by Crippen LogP contribution is -2.11. The lowest BCUT2D eigenvalue weighted by molar-refractivity contribution is -0.137. The van der Waals surface area contributed by atoms with E-state index in [2.05, 4.69) is 43.1 Å². The molecule has 172 valence electrons. The second-order valence-electron chi connectivity index (χ2n) is 7.45. The zero-order valence-electron chi connectivity index (χ0n) is 17.7. The second kappa shape index (κ2) is 11.5. The van der Waals surface area contributed by atoms with E-state index < -0.39 is 11.9 Å². The van der Waals surface area contributed by atoms with Crippen LogP contribution in [0.3, 0.4) is 0 Å².